The molecule has 0 aliphatic carbocycles. The molecule has 0 aliphatic heterocycles. The minimum absolute atomic E-state index is 0.0472. The van der Waals surface area contributed by atoms with Crippen molar-refractivity contribution in [3.05, 3.63) is 0 Å². The van der Waals surface area contributed by atoms with Crippen LogP contribution in [0.15, 0.2) is 0 Å². The van der Waals surface area contributed by atoms with Crippen LogP contribution in [-0.4, -0.2) is 28.3 Å². The van der Waals surface area contributed by atoms with Crippen LogP contribution in [0.4, 0.5) is 0 Å². The van der Waals surface area contributed by atoms with Crippen LogP contribution >= 0.6 is 11.6 Å². The number of hydrogen-bond donors (Lipinski definition) is 2. The lowest BCUT2D eigenvalue weighted by Crippen LogP contribution is -2.36. The Morgan fingerprint density at radius 2 is 2.00 bits per heavy atom. The van der Waals surface area contributed by atoms with Gasteiger partial charge in [0.1, 0.15) is 0 Å². The summed E-state index contributed by atoms with van der Waals surface area (Å²) in [6.07, 6.45) is 1.43. The number of alkyl halides is 1. The second-order valence-corrected chi connectivity index (χ2v) is 3.39. The molecular weight excluding hydrogens is 210 g/mol. The van der Waals surface area contributed by atoms with Crippen molar-refractivity contribution in [3.63, 3.8) is 0 Å². The number of carboxylic acid groups (broad SMARTS) is 1. The minimum Gasteiger partial charge on any atom is -0.474 e. The Morgan fingerprint density at radius 1 is 1.43 bits per heavy atom. The summed E-state index contributed by atoms with van der Waals surface area (Å²) >= 11 is 5.72. The molecule has 0 aromatic heterocycles. The summed E-state index contributed by atoms with van der Waals surface area (Å²) < 4.78 is 0. The monoisotopic (exact) mass is 221 g/mol. The highest BCUT2D eigenvalue weighted by atomic mass is 35.5. The highest BCUT2D eigenvalue weighted by molar-refractivity contribution is 6.34. The summed E-state index contributed by atoms with van der Waals surface area (Å²) in [5.74, 6) is -3.67. The molecule has 0 aliphatic rings. The summed E-state index contributed by atoms with van der Waals surface area (Å²) in [5, 5.41) is 9.52. The summed E-state index contributed by atoms with van der Waals surface area (Å²) in [6, 6.07) is 0. The fraction of sp³-hybridized carbons (Fsp3) is 0.625. The first-order valence-electron chi connectivity index (χ1n) is 4.18. The van der Waals surface area contributed by atoms with Crippen LogP contribution < -0.4 is 5.32 Å². The standard InChI is InChI=1S/C8H12ClNO4/c1-2-3-5(9)4-6(11)10-7(12)8(13)14/h5H,2-4H2,1H3,(H,13,14)(H,10,11,12). The van der Waals surface area contributed by atoms with Crippen LogP contribution in [0.3, 0.4) is 0 Å². The summed E-state index contributed by atoms with van der Waals surface area (Å²) in [4.78, 5) is 31.5. The molecular formula is C8H12ClNO4. The van der Waals surface area contributed by atoms with E-state index >= 15 is 0 Å². The first-order valence-corrected chi connectivity index (χ1v) is 4.62. The maximum atomic E-state index is 11.0. The number of carboxylic acids is 1. The maximum absolute atomic E-state index is 11.0. The Morgan fingerprint density at radius 3 is 2.43 bits per heavy atom. The van der Waals surface area contributed by atoms with E-state index in [0.717, 1.165) is 6.42 Å². The van der Waals surface area contributed by atoms with Crippen LogP contribution in [-0.2, 0) is 14.4 Å². The zero-order valence-corrected chi connectivity index (χ0v) is 8.50. The molecule has 0 radical (unpaired) electrons. The van der Waals surface area contributed by atoms with E-state index in [1.54, 1.807) is 5.32 Å². The Bertz CT molecular complexity index is 241. The van der Waals surface area contributed by atoms with E-state index in [2.05, 4.69) is 0 Å². The van der Waals surface area contributed by atoms with E-state index in [1.807, 2.05) is 6.92 Å². The summed E-state index contributed by atoms with van der Waals surface area (Å²) in [6.45, 7) is 1.91. The smallest absolute Gasteiger partial charge is 0.394 e. The van der Waals surface area contributed by atoms with Crippen molar-refractivity contribution in [3.8, 4) is 0 Å². The fourth-order valence-electron chi connectivity index (χ4n) is 0.848. The molecule has 0 saturated carbocycles. The number of imide groups is 1. The molecule has 0 spiro atoms. The lowest BCUT2D eigenvalue weighted by molar-refractivity contribution is -0.151. The SMILES string of the molecule is CCCC(Cl)CC(=O)NC(=O)C(=O)O. The van der Waals surface area contributed by atoms with Crippen LogP contribution in [0.2, 0.25) is 0 Å². The van der Waals surface area contributed by atoms with Crippen LogP contribution in [0, 0.1) is 0 Å². The fourth-order valence-corrected chi connectivity index (χ4v) is 1.21. The molecule has 14 heavy (non-hydrogen) atoms. The molecule has 5 nitrogen and oxygen atoms in total. The van der Waals surface area contributed by atoms with Gasteiger partial charge in [-0.1, -0.05) is 13.3 Å². The third kappa shape index (κ3) is 5.53. The van der Waals surface area contributed by atoms with Crippen molar-refractivity contribution in [1.82, 2.24) is 5.32 Å². The lowest BCUT2D eigenvalue weighted by Gasteiger charge is -2.06. The van der Waals surface area contributed by atoms with Gasteiger partial charge in [0.25, 0.3) is 0 Å². The van der Waals surface area contributed by atoms with Gasteiger partial charge in [-0.15, -0.1) is 11.6 Å². The first-order chi connectivity index (χ1) is 6.47. The Labute approximate surface area is 86.4 Å². The first kappa shape index (κ1) is 12.9. The van der Waals surface area contributed by atoms with Crippen molar-refractivity contribution in [1.29, 1.82) is 0 Å². The van der Waals surface area contributed by atoms with Crippen molar-refractivity contribution >= 4 is 29.4 Å². The Balaban J connectivity index is 3.86. The highest BCUT2D eigenvalue weighted by Crippen LogP contribution is 2.08. The van der Waals surface area contributed by atoms with Gasteiger partial charge in [0, 0.05) is 11.8 Å². The zero-order valence-electron chi connectivity index (χ0n) is 7.75. The number of rotatable bonds is 4. The third-order valence-electron chi connectivity index (χ3n) is 1.46. The molecule has 6 heteroatoms. The van der Waals surface area contributed by atoms with E-state index in [1.165, 1.54) is 0 Å². The van der Waals surface area contributed by atoms with E-state index in [-0.39, 0.29) is 11.8 Å². The largest absolute Gasteiger partial charge is 0.474 e. The van der Waals surface area contributed by atoms with E-state index in [4.69, 9.17) is 16.7 Å². The van der Waals surface area contributed by atoms with Crippen LogP contribution in [0.25, 0.3) is 0 Å². The molecule has 80 valence electrons. The average Bonchev–Trinajstić information content (AvgIpc) is 2.03. The number of hydrogen-bond acceptors (Lipinski definition) is 3. The van der Waals surface area contributed by atoms with E-state index < -0.39 is 17.8 Å². The molecule has 0 rings (SSSR count). The second-order valence-electron chi connectivity index (χ2n) is 2.77. The summed E-state index contributed by atoms with van der Waals surface area (Å²) in [7, 11) is 0. The Kier molecular flexibility index (Phi) is 5.87. The maximum Gasteiger partial charge on any atom is 0.394 e. The van der Waals surface area contributed by atoms with Gasteiger partial charge in [-0.05, 0) is 6.42 Å². The van der Waals surface area contributed by atoms with Gasteiger partial charge >= 0.3 is 11.9 Å². The van der Waals surface area contributed by atoms with Crippen molar-refractivity contribution in [2.75, 3.05) is 0 Å². The molecule has 1 atom stereocenters. The average molecular weight is 222 g/mol. The number of halogens is 1. The van der Waals surface area contributed by atoms with Gasteiger partial charge in [-0.25, -0.2) is 4.79 Å². The minimum atomic E-state index is -1.68. The molecule has 0 bridgehead atoms. The zero-order chi connectivity index (χ0) is 11.1. The van der Waals surface area contributed by atoms with Gasteiger partial charge in [0.2, 0.25) is 5.91 Å². The summed E-state index contributed by atoms with van der Waals surface area (Å²) in [5.41, 5.74) is 0. The molecule has 2 N–H and O–H groups in total. The molecule has 0 fully saturated rings. The van der Waals surface area contributed by atoms with Crippen molar-refractivity contribution in [2.24, 2.45) is 0 Å². The molecule has 0 saturated heterocycles. The molecule has 0 aromatic carbocycles. The topological polar surface area (TPSA) is 83.5 Å². The van der Waals surface area contributed by atoms with Gasteiger partial charge in [-0.3, -0.25) is 14.9 Å². The number of nitrogens with one attached hydrogen (secondary N) is 1. The van der Waals surface area contributed by atoms with E-state index in [9.17, 15) is 14.4 Å². The van der Waals surface area contributed by atoms with E-state index in [0.29, 0.717) is 6.42 Å². The lowest BCUT2D eigenvalue weighted by atomic mass is 10.2. The highest BCUT2D eigenvalue weighted by Gasteiger charge is 2.17. The molecule has 1 unspecified atom stereocenters. The third-order valence-corrected chi connectivity index (χ3v) is 1.83. The normalized spacial score (nSPS) is 11.9. The van der Waals surface area contributed by atoms with Gasteiger partial charge in [0.15, 0.2) is 0 Å². The van der Waals surface area contributed by atoms with Crippen LogP contribution in [0.5, 0.6) is 0 Å². The molecule has 0 heterocycles. The predicted octanol–water partition coefficient (Wildman–Crippen LogP) is 0.511. The van der Waals surface area contributed by atoms with Crippen molar-refractivity contribution < 1.29 is 19.5 Å². The van der Waals surface area contributed by atoms with Gasteiger partial charge < -0.3 is 5.11 Å². The van der Waals surface area contributed by atoms with Gasteiger partial charge in [0.05, 0.1) is 0 Å². The van der Waals surface area contributed by atoms with Crippen molar-refractivity contribution in [2.45, 2.75) is 31.6 Å². The Hall–Kier alpha value is -1.10. The number of amides is 2. The molecule has 0 aromatic rings. The van der Waals surface area contributed by atoms with Crippen LogP contribution in [0.1, 0.15) is 26.2 Å². The number of carbonyl (C=O) groups excluding carboxylic acids is 2. The number of aliphatic carboxylic acids is 1. The molecule has 2 amide bonds. The predicted molar refractivity (Wildman–Crippen MR) is 50.0 cm³/mol. The number of carbonyl (C=O) groups is 3. The van der Waals surface area contributed by atoms with Gasteiger partial charge in [-0.2, -0.15) is 0 Å². The second kappa shape index (κ2) is 6.37. The quantitative estimate of drug-likeness (QED) is 0.535.